The zero-order chi connectivity index (χ0) is 13.1. The minimum absolute atomic E-state index is 0.141. The van der Waals surface area contributed by atoms with Crippen molar-refractivity contribution < 1.29 is 4.79 Å². The first-order chi connectivity index (χ1) is 8.58. The van der Waals surface area contributed by atoms with Gasteiger partial charge in [-0.05, 0) is 44.6 Å². The summed E-state index contributed by atoms with van der Waals surface area (Å²) in [7, 11) is 0. The van der Waals surface area contributed by atoms with Crippen LogP contribution in [0.1, 0.15) is 38.0 Å². The summed E-state index contributed by atoms with van der Waals surface area (Å²) in [6.07, 6.45) is 2.79. The maximum absolute atomic E-state index is 12.5. The van der Waals surface area contributed by atoms with Crippen molar-refractivity contribution in [3.63, 3.8) is 0 Å². The summed E-state index contributed by atoms with van der Waals surface area (Å²) in [5.41, 5.74) is 5.91. The molecule has 0 radical (unpaired) electrons. The van der Waals surface area contributed by atoms with Gasteiger partial charge < -0.3 is 10.6 Å². The third-order valence-electron chi connectivity index (χ3n) is 3.64. The Kier molecular flexibility index (Phi) is 4.40. The molecule has 0 spiro atoms. The third kappa shape index (κ3) is 3.12. The van der Waals surface area contributed by atoms with E-state index in [0.29, 0.717) is 0 Å². The lowest BCUT2D eigenvalue weighted by Gasteiger charge is -2.29. The lowest BCUT2D eigenvalue weighted by Crippen LogP contribution is -2.40. The van der Waals surface area contributed by atoms with Crippen LogP contribution in [0.3, 0.4) is 0 Å². The van der Waals surface area contributed by atoms with E-state index in [1.165, 1.54) is 4.88 Å². The predicted octanol–water partition coefficient (Wildman–Crippen LogP) is 2.61. The van der Waals surface area contributed by atoms with Crippen LogP contribution in [0, 0.1) is 5.92 Å². The second-order valence-electron chi connectivity index (χ2n) is 5.41. The second-order valence-corrected chi connectivity index (χ2v) is 6.44. The van der Waals surface area contributed by atoms with E-state index < -0.39 is 0 Å². The van der Waals surface area contributed by atoms with Gasteiger partial charge in [0.2, 0.25) is 5.91 Å². The molecule has 4 heteroatoms. The molecule has 2 N–H and O–H groups in total. The fourth-order valence-corrected chi connectivity index (χ4v) is 3.26. The summed E-state index contributed by atoms with van der Waals surface area (Å²) in [5.74, 6) is 0.425. The Morgan fingerprint density at radius 3 is 2.83 bits per heavy atom. The number of amides is 1. The lowest BCUT2D eigenvalue weighted by molar-refractivity contribution is -0.137. The summed E-state index contributed by atoms with van der Waals surface area (Å²) in [6.45, 7) is 4.90. The summed E-state index contributed by atoms with van der Waals surface area (Å²) in [5, 5.41) is 2.06. The maximum Gasteiger partial charge on any atom is 0.226 e. The zero-order valence-electron chi connectivity index (χ0n) is 11.1. The molecule has 2 rings (SSSR count). The van der Waals surface area contributed by atoms with E-state index in [0.717, 1.165) is 25.8 Å². The summed E-state index contributed by atoms with van der Waals surface area (Å²) >= 11 is 1.71. The second kappa shape index (κ2) is 5.85. The average molecular weight is 266 g/mol. The Hall–Kier alpha value is -0.870. The number of carbonyl (C=O) groups excluding carboxylic acids is 1. The van der Waals surface area contributed by atoms with Crippen LogP contribution in [0.4, 0.5) is 0 Å². The topological polar surface area (TPSA) is 46.3 Å². The fourth-order valence-electron chi connectivity index (χ4n) is 2.56. The van der Waals surface area contributed by atoms with Gasteiger partial charge in [0.15, 0.2) is 0 Å². The summed E-state index contributed by atoms with van der Waals surface area (Å²) in [6, 6.07) is 4.59. The van der Waals surface area contributed by atoms with Crippen molar-refractivity contribution in [3.05, 3.63) is 22.4 Å². The summed E-state index contributed by atoms with van der Waals surface area (Å²) < 4.78 is 0. The van der Waals surface area contributed by atoms with Gasteiger partial charge in [0.1, 0.15) is 0 Å². The number of hydrogen-bond acceptors (Lipinski definition) is 3. The van der Waals surface area contributed by atoms with Crippen molar-refractivity contribution in [1.29, 1.82) is 0 Å². The molecule has 3 nitrogen and oxygen atoms in total. The smallest absolute Gasteiger partial charge is 0.226 e. The molecule has 1 heterocycles. The van der Waals surface area contributed by atoms with Crippen molar-refractivity contribution in [2.75, 3.05) is 0 Å². The Morgan fingerprint density at radius 2 is 2.33 bits per heavy atom. The molecule has 2 atom stereocenters. The lowest BCUT2D eigenvalue weighted by atomic mass is 10.1. The van der Waals surface area contributed by atoms with E-state index in [-0.39, 0.29) is 23.9 Å². The van der Waals surface area contributed by atoms with E-state index in [2.05, 4.69) is 25.3 Å². The number of thiophene rings is 1. The first-order valence-corrected chi connectivity index (χ1v) is 7.54. The van der Waals surface area contributed by atoms with Gasteiger partial charge in [0.05, 0.1) is 6.54 Å². The number of hydrogen-bond donors (Lipinski definition) is 1. The van der Waals surface area contributed by atoms with Crippen LogP contribution in [0.2, 0.25) is 0 Å². The molecule has 1 aliphatic rings. The van der Waals surface area contributed by atoms with E-state index in [4.69, 9.17) is 5.73 Å². The van der Waals surface area contributed by atoms with Crippen LogP contribution in [0.5, 0.6) is 0 Å². The predicted molar refractivity (Wildman–Crippen MR) is 75.3 cm³/mol. The summed E-state index contributed by atoms with van der Waals surface area (Å²) in [4.78, 5) is 15.8. The van der Waals surface area contributed by atoms with Crippen molar-refractivity contribution >= 4 is 17.2 Å². The number of nitrogens with two attached hydrogens (primary N) is 1. The molecule has 1 amide bonds. The molecule has 1 aromatic heterocycles. The van der Waals surface area contributed by atoms with Crippen molar-refractivity contribution in [2.45, 2.75) is 51.7 Å². The molecule has 0 saturated heterocycles. The molecule has 2 unspecified atom stereocenters. The quantitative estimate of drug-likeness (QED) is 0.910. The first kappa shape index (κ1) is 13.6. The number of nitrogens with zero attached hydrogens (tertiary/aromatic N) is 1. The monoisotopic (exact) mass is 266 g/mol. The maximum atomic E-state index is 12.5. The molecule has 1 aromatic rings. The van der Waals surface area contributed by atoms with Gasteiger partial charge in [-0.2, -0.15) is 0 Å². The van der Waals surface area contributed by atoms with Crippen molar-refractivity contribution in [3.8, 4) is 0 Å². The number of rotatable bonds is 4. The Morgan fingerprint density at radius 1 is 1.56 bits per heavy atom. The van der Waals surface area contributed by atoms with Crippen molar-refractivity contribution in [2.24, 2.45) is 11.7 Å². The molecule has 1 fully saturated rings. The highest BCUT2D eigenvalue weighted by Crippen LogP contribution is 2.27. The first-order valence-electron chi connectivity index (χ1n) is 6.66. The van der Waals surface area contributed by atoms with Gasteiger partial charge in [-0.1, -0.05) is 6.07 Å². The van der Waals surface area contributed by atoms with E-state index >= 15 is 0 Å². The fraction of sp³-hybridized carbons (Fsp3) is 0.643. The van der Waals surface area contributed by atoms with E-state index in [1.54, 1.807) is 11.3 Å². The van der Waals surface area contributed by atoms with Gasteiger partial charge in [-0.3, -0.25) is 4.79 Å². The molecule has 0 aliphatic heterocycles. The van der Waals surface area contributed by atoms with Crippen LogP contribution in [-0.4, -0.2) is 22.9 Å². The molecule has 0 bridgehead atoms. The molecule has 1 saturated carbocycles. The largest absolute Gasteiger partial charge is 0.335 e. The molecular weight excluding hydrogens is 244 g/mol. The third-order valence-corrected chi connectivity index (χ3v) is 4.50. The van der Waals surface area contributed by atoms with E-state index in [9.17, 15) is 4.79 Å². The molecule has 100 valence electrons. The van der Waals surface area contributed by atoms with Gasteiger partial charge in [-0.25, -0.2) is 0 Å². The molecule has 1 aliphatic carbocycles. The highest BCUT2D eigenvalue weighted by Gasteiger charge is 2.32. The Balaban J connectivity index is 2.03. The van der Waals surface area contributed by atoms with Gasteiger partial charge in [0, 0.05) is 22.9 Å². The number of carbonyl (C=O) groups is 1. The van der Waals surface area contributed by atoms with Gasteiger partial charge in [-0.15, -0.1) is 11.3 Å². The van der Waals surface area contributed by atoms with Gasteiger partial charge in [0.25, 0.3) is 0 Å². The minimum Gasteiger partial charge on any atom is -0.335 e. The van der Waals surface area contributed by atoms with Crippen LogP contribution in [0.25, 0.3) is 0 Å². The normalized spacial score (nSPS) is 23.6. The van der Waals surface area contributed by atoms with Crippen LogP contribution >= 0.6 is 11.3 Å². The highest BCUT2D eigenvalue weighted by molar-refractivity contribution is 7.09. The minimum atomic E-state index is 0.141. The van der Waals surface area contributed by atoms with Gasteiger partial charge >= 0.3 is 0 Å². The molecule has 18 heavy (non-hydrogen) atoms. The standard InChI is InChI=1S/C14H22N2OS/c1-10(2)16(9-13-4-3-7-18-13)14(17)11-5-6-12(15)8-11/h3-4,7,10-12H,5-6,8-9,15H2,1-2H3. The zero-order valence-corrected chi connectivity index (χ0v) is 12.0. The Bertz CT molecular complexity index is 389. The molecule has 0 aromatic carbocycles. The SMILES string of the molecule is CC(C)N(Cc1cccs1)C(=O)C1CCC(N)C1. The van der Waals surface area contributed by atoms with Crippen LogP contribution in [0.15, 0.2) is 17.5 Å². The van der Waals surface area contributed by atoms with Crippen LogP contribution in [-0.2, 0) is 11.3 Å². The Labute approximate surface area is 113 Å². The van der Waals surface area contributed by atoms with E-state index in [1.807, 2.05) is 11.0 Å². The van der Waals surface area contributed by atoms with Crippen molar-refractivity contribution in [1.82, 2.24) is 4.90 Å². The highest BCUT2D eigenvalue weighted by atomic mass is 32.1. The van der Waals surface area contributed by atoms with Crippen LogP contribution < -0.4 is 5.73 Å². The molecular formula is C14H22N2OS. The average Bonchev–Trinajstić information content (AvgIpc) is 2.95.